The fourth-order valence-corrected chi connectivity index (χ4v) is 3.53. The molecule has 0 saturated heterocycles. The van der Waals surface area contributed by atoms with Crippen LogP contribution < -0.4 is 10.2 Å². The van der Waals surface area contributed by atoms with Crippen LogP contribution in [0.25, 0.3) is 0 Å². The van der Waals surface area contributed by atoms with Crippen molar-refractivity contribution in [1.82, 2.24) is 10.3 Å². The molecule has 1 amide bonds. The van der Waals surface area contributed by atoms with E-state index >= 15 is 0 Å². The number of hydrogen-bond acceptors (Lipinski definition) is 4. The molecular weight excluding hydrogens is 318 g/mol. The maximum atomic E-state index is 12.2. The molecule has 0 unspecified atom stereocenters. The monoisotopic (exact) mass is 345 g/mol. The Bertz CT molecular complexity index is 664. The van der Waals surface area contributed by atoms with Gasteiger partial charge in [-0.25, -0.2) is 4.98 Å². The summed E-state index contributed by atoms with van der Waals surface area (Å²) >= 11 is 1.71. The predicted molar refractivity (Wildman–Crippen MR) is 102 cm³/mol. The maximum absolute atomic E-state index is 12.2. The number of carbonyl (C=O) groups excluding carboxylic acids is 1. The number of amides is 1. The van der Waals surface area contributed by atoms with E-state index in [0.29, 0.717) is 12.1 Å². The molecule has 2 aromatic rings. The normalized spacial score (nSPS) is 10.7. The number of nitrogens with one attached hydrogen (secondary N) is 1. The molecule has 1 aromatic carbocycles. The first kappa shape index (κ1) is 18.5. The van der Waals surface area contributed by atoms with E-state index in [1.54, 1.807) is 11.3 Å². The first-order valence-corrected chi connectivity index (χ1v) is 9.35. The van der Waals surface area contributed by atoms with Crippen LogP contribution in [-0.2, 0) is 6.42 Å². The highest BCUT2D eigenvalue weighted by molar-refractivity contribution is 7.11. The van der Waals surface area contributed by atoms with E-state index in [0.717, 1.165) is 29.4 Å². The second kappa shape index (κ2) is 8.83. The smallest absolute Gasteiger partial charge is 0.251 e. The van der Waals surface area contributed by atoms with Crippen molar-refractivity contribution in [2.24, 2.45) is 0 Å². The molecule has 1 aromatic heterocycles. The van der Waals surface area contributed by atoms with E-state index in [9.17, 15) is 4.79 Å². The van der Waals surface area contributed by atoms with Crippen molar-refractivity contribution < 1.29 is 4.79 Å². The van der Waals surface area contributed by atoms with E-state index in [1.165, 1.54) is 17.7 Å². The van der Waals surface area contributed by atoms with Gasteiger partial charge in [-0.2, -0.15) is 0 Å². The summed E-state index contributed by atoms with van der Waals surface area (Å²) in [5.41, 5.74) is 2.93. The molecule has 0 saturated carbocycles. The predicted octanol–water partition coefficient (Wildman–Crippen LogP) is 3.97. The molecule has 5 heteroatoms. The Hall–Kier alpha value is -1.88. The molecule has 0 bridgehead atoms. The van der Waals surface area contributed by atoms with Crippen LogP contribution in [0.2, 0.25) is 0 Å². The number of thiazole rings is 1. The molecule has 0 aliphatic carbocycles. The minimum absolute atomic E-state index is 0.0170. The summed E-state index contributed by atoms with van der Waals surface area (Å²) in [6.45, 7) is 7.90. The minimum Gasteiger partial charge on any atom is -0.375 e. The molecule has 0 aliphatic heterocycles. The number of anilines is 1. The highest BCUT2D eigenvalue weighted by Gasteiger charge is 2.08. The maximum Gasteiger partial charge on any atom is 0.251 e. The summed E-state index contributed by atoms with van der Waals surface area (Å²) in [6.07, 6.45) is 3.19. The lowest BCUT2D eigenvalue weighted by molar-refractivity contribution is 0.0954. The van der Waals surface area contributed by atoms with Crippen molar-refractivity contribution in [1.29, 1.82) is 0 Å². The molecule has 4 nitrogen and oxygen atoms in total. The SMILES string of the molecule is CCCCN(C)c1ccc(C(=O)NCCc2sc(C)nc2C)cc1. The molecule has 0 aliphatic rings. The van der Waals surface area contributed by atoms with Crippen LogP contribution in [0.4, 0.5) is 5.69 Å². The van der Waals surface area contributed by atoms with E-state index in [2.05, 4.69) is 29.2 Å². The van der Waals surface area contributed by atoms with Crippen molar-refractivity contribution >= 4 is 22.9 Å². The summed E-state index contributed by atoms with van der Waals surface area (Å²) < 4.78 is 0. The van der Waals surface area contributed by atoms with Gasteiger partial charge >= 0.3 is 0 Å². The zero-order chi connectivity index (χ0) is 17.5. The number of aryl methyl sites for hydroxylation is 2. The third-order valence-electron chi connectivity index (χ3n) is 4.05. The van der Waals surface area contributed by atoms with Crippen molar-refractivity contribution in [2.45, 2.75) is 40.0 Å². The van der Waals surface area contributed by atoms with Crippen LogP contribution >= 0.6 is 11.3 Å². The zero-order valence-electron chi connectivity index (χ0n) is 15.1. The summed E-state index contributed by atoms with van der Waals surface area (Å²) in [5, 5.41) is 4.07. The van der Waals surface area contributed by atoms with Gasteiger partial charge in [0, 0.05) is 42.7 Å². The number of aromatic nitrogens is 1. The van der Waals surface area contributed by atoms with Crippen LogP contribution in [-0.4, -0.2) is 31.0 Å². The van der Waals surface area contributed by atoms with Crippen molar-refractivity contribution in [2.75, 3.05) is 25.0 Å². The van der Waals surface area contributed by atoms with Crippen LogP contribution in [0.5, 0.6) is 0 Å². The Kier molecular flexibility index (Phi) is 6.79. The Morgan fingerprint density at radius 3 is 2.54 bits per heavy atom. The molecule has 1 heterocycles. The fraction of sp³-hybridized carbons (Fsp3) is 0.474. The molecular formula is C19H27N3OS. The zero-order valence-corrected chi connectivity index (χ0v) is 15.9. The molecule has 0 fully saturated rings. The third-order valence-corrected chi connectivity index (χ3v) is 5.19. The first-order valence-electron chi connectivity index (χ1n) is 8.53. The van der Waals surface area contributed by atoms with E-state index in [1.807, 2.05) is 38.1 Å². The van der Waals surface area contributed by atoms with Gasteiger partial charge in [0.1, 0.15) is 0 Å². The third kappa shape index (κ3) is 5.06. The van der Waals surface area contributed by atoms with Crippen LogP contribution in [0.15, 0.2) is 24.3 Å². The number of hydrogen-bond donors (Lipinski definition) is 1. The topological polar surface area (TPSA) is 45.2 Å². The molecule has 0 spiro atoms. The Labute approximate surface area is 148 Å². The van der Waals surface area contributed by atoms with Crippen LogP contribution in [0.1, 0.15) is 45.7 Å². The average Bonchev–Trinajstić information content (AvgIpc) is 2.90. The fourth-order valence-electron chi connectivity index (χ4n) is 2.59. The molecule has 0 atom stereocenters. The van der Waals surface area contributed by atoms with E-state index < -0.39 is 0 Å². The van der Waals surface area contributed by atoms with Gasteiger partial charge in [0.05, 0.1) is 10.7 Å². The van der Waals surface area contributed by atoms with Gasteiger partial charge in [-0.15, -0.1) is 11.3 Å². The Morgan fingerprint density at radius 1 is 1.25 bits per heavy atom. The lowest BCUT2D eigenvalue weighted by Gasteiger charge is -2.19. The first-order chi connectivity index (χ1) is 11.5. The average molecular weight is 346 g/mol. The number of unbranched alkanes of at least 4 members (excludes halogenated alkanes) is 1. The van der Waals surface area contributed by atoms with Gasteiger partial charge in [-0.05, 0) is 44.5 Å². The van der Waals surface area contributed by atoms with E-state index in [4.69, 9.17) is 0 Å². The molecule has 2 rings (SSSR count). The summed E-state index contributed by atoms with van der Waals surface area (Å²) in [7, 11) is 2.09. The lowest BCUT2D eigenvalue weighted by Crippen LogP contribution is -2.25. The standard InChI is InChI=1S/C19H27N3OS/c1-5-6-13-22(4)17-9-7-16(8-10-17)19(23)20-12-11-18-14(2)21-15(3)24-18/h7-10H,5-6,11-13H2,1-4H3,(H,20,23). The number of benzene rings is 1. The number of rotatable bonds is 8. The van der Waals surface area contributed by atoms with Gasteiger partial charge in [-0.3, -0.25) is 4.79 Å². The van der Waals surface area contributed by atoms with E-state index in [-0.39, 0.29) is 5.91 Å². The summed E-state index contributed by atoms with van der Waals surface area (Å²) in [5.74, 6) is -0.0170. The Morgan fingerprint density at radius 2 is 1.96 bits per heavy atom. The van der Waals surface area contributed by atoms with Crippen molar-refractivity contribution in [3.05, 3.63) is 45.4 Å². The molecule has 1 N–H and O–H groups in total. The largest absolute Gasteiger partial charge is 0.375 e. The molecule has 0 radical (unpaired) electrons. The second-order valence-electron chi connectivity index (χ2n) is 6.07. The quantitative estimate of drug-likeness (QED) is 0.787. The highest BCUT2D eigenvalue weighted by Crippen LogP contribution is 2.17. The number of carbonyl (C=O) groups is 1. The summed E-state index contributed by atoms with van der Waals surface area (Å²) in [6, 6.07) is 7.83. The van der Waals surface area contributed by atoms with Gasteiger partial charge in [0.2, 0.25) is 0 Å². The van der Waals surface area contributed by atoms with Crippen LogP contribution in [0.3, 0.4) is 0 Å². The van der Waals surface area contributed by atoms with Crippen molar-refractivity contribution in [3.63, 3.8) is 0 Å². The second-order valence-corrected chi connectivity index (χ2v) is 7.36. The lowest BCUT2D eigenvalue weighted by atomic mass is 10.1. The van der Waals surface area contributed by atoms with Gasteiger partial charge in [0.25, 0.3) is 5.91 Å². The van der Waals surface area contributed by atoms with Crippen molar-refractivity contribution in [3.8, 4) is 0 Å². The minimum atomic E-state index is -0.0170. The summed E-state index contributed by atoms with van der Waals surface area (Å²) in [4.78, 5) is 20.1. The Balaban J connectivity index is 1.85. The highest BCUT2D eigenvalue weighted by atomic mass is 32.1. The molecule has 130 valence electrons. The van der Waals surface area contributed by atoms with Gasteiger partial charge < -0.3 is 10.2 Å². The van der Waals surface area contributed by atoms with Gasteiger partial charge in [0.15, 0.2) is 0 Å². The van der Waals surface area contributed by atoms with Gasteiger partial charge in [-0.1, -0.05) is 13.3 Å². The van der Waals surface area contributed by atoms with Crippen LogP contribution in [0, 0.1) is 13.8 Å². The molecule has 24 heavy (non-hydrogen) atoms. The number of nitrogens with zero attached hydrogens (tertiary/aromatic N) is 2.